The van der Waals surface area contributed by atoms with Gasteiger partial charge in [-0.3, -0.25) is 0 Å². The zero-order valence-electron chi connectivity index (χ0n) is 6.59. The largest absolute Gasteiger partial charge is 0.469 e. The van der Waals surface area contributed by atoms with Gasteiger partial charge in [-0.1, -0.05) is 6.92 Å². The Morgan fingerprint density at radius 3 is 2.92 bits per heavy atom. The van der Waals surface area contributed by atoms with E-state index in [0.29, 0.717) is 12.2 Å². The van der Waals surface area contributed by atoms with E-state index in [1.807, 2.05) is 6.92 Å². The number of nitrogens with zero attached hydrogens (tertiary/aromatic N) is 1. The van der Waals surface area contributed by atoms with Crippen molar-refractivity contribution in [2.75, 3.05) is 6.61 Å². The number of halogens is 2. The van der Waals surface area contributed by atoms with Crippen LogP contribution in [0.25, 0.3) is 0 Å². The number of rotatable bonds is 4. The van der Waals surface area contributed by atoms with E-state index in [2.05, 4.69) is 9.89 Å². The Bertz CT molecular complexity index is 237. The van der Waals surface area contributed by atoms with Gasteiger partial charge in [-0.15, -0.1) is 0 Å². The van der Waals surface area contributed by atoms with Gasteiger partial charge in [0.15, 0.2) is 6.61 Å². The summed E-state index contributed by atoms with van der Waals surface area (Å²) in [6.45, 7) is 1.23. The van der Waals surface area contributed by atoms with E-state index in [0.717, 1.165) is 0 Å². The normalized spacial score (nSPS) is 10.7. The topological polar surface area (TPSA) is 35.3 Å². The zero-order valence-corrected chi connectivity index (χ0v) is 6.59. The fraction of sp³-hybridized carbons (Fsp3) is 0.571. The van der Waals surface area contributed by atoms with Crippen molar-refractivity contribution in [3.05, 3.63) is 11.8 Å². The Labute approximate surface area is 68.3 Å². The molecule has 0 aliphatic heterocycles. The highest BCUT2D eigenvalue weighted by Gasteiger charge is 2.07. The molecule has 0 atom stereocenters. The van der Waals surface area contributed by atoms with Gasteiger partial charge in [-0.05, 0) is 5.16 Å². The van der Waals surface area contributed by atoms with Crippen LogP contribution in [0, 0.1) is 0 Å². The van der Waals surface area contributed by atoms with E-state index in [9.17, 15) is 8.78 Å². The van der Waals surface area contributed by atoms with Crippen molar-refractivity contribution in [2.45, 2.75) is 19.8 Å². The molecule has 0 bridgehead atoms. The van der Waals surface area contributed by atoms with Crippen LogP contribution in [-0.2, 0) is 6.42 Å². The molecule has 0 unspecified atom stereocenters. The Hall–Kier alpha value is -1.13. The van der Waals surface area contributed by atoms with Crippen molar-refractivity contribution >= 4 is 0 Å². The van der Waals surface area contributed by atoms with Crippen LogP contribution < -0.4 is 4.74 Å². The van der Waals surface area contributed by atoms with E-state index >= 15 is 0 Å². The first-order valence-electron chi connectivity index (χ1n) is 3.59. The average Bonchev–Trinajstić information content (AvgIpc) is 2.48. The molecule has 12 heavy (non-hydrogen) atoms. The fourth-order valence-electron chi connectivity index (χ4n) is 0.677. The second-order valence-corrected chi connectivity index (χ2v) is 2.19. The molecular formula is C7H9F2NO2. The molecule has 0 saturated carbocycles. The number of aryl methyl sites for hydroxylation is 1. The molecule has 3 nitrogen and oxygen atoms in total. The lowest BCUT2D eigenvalue weighted by atomic mass is 10.4. The highest BCUT2D eigenvalue weighted by atomic mass is 19.3. The van der Waals surface area contributed by atoms with Crippen molar-refractivity contribution in [1.82, 2.24) is 5.16 Å². The fourth-order valence-corrected chi connectivity index (χ4v) is 0.677. The Kier molecular flexibility index (Phi) is 3.01. The van der Waals surface area contributed by atoms with Gasteiger partial charge in [0.2, 0.25) is 0 Å². The van der Waals surface area contributed by atoms with Crippen LogP contribution in [0.2, 0.25) is 0 Å². The lowest BCUT2D eigenvalue weighted by Gasteiger charge is -1.97. The van der Waals surface area contributed by atoms with Gasteiger partial charge in [0.25, 0.3) is 12.3 Å². The quantitative estimate of drug-likeness (QED) is 0.704. The van der Waals surface area contributed by atoms with Gasteiger partial charge >= 0.3 is 0 Å². The monoisotopic (exact) mass is 177 g/mol. The van der Waals surface area contributed by atoms with Gasteiger partial charge in [0.05, 0.1) is 0 Å². The summed E-state index contributed by atoms with van der Waals surface area (Å²) >= 11 is 0. The van der Waals surface area contributed by atoms with Crippen molar-refractivity contribution in [1.29, 1.82) is 0 Å². The van der Waals surface area contributed by atoms with Crippen molar-refractivity contribution < 1.29 is 18.0 Å². The predicted octanol–water partition coefficient (Wildman–Crippen LogP) is 1.88. The predicted molar refractivity (Wildman–Crippen MR) is 37.4 cm³/mol. The van der Waals surface area contributed by atoms with Crippen molar-refractivity contribution in [2.24, 2.45) is 0 Å². The zero-order chi connectivity index (χ0) is 8.97. The summed E-state index contributed by atoms with van der Waals surface area (Å²) in [4.78, 5) is 0. The van der Waals surface area contributed by atoms with Gasteiger partial charge in [0, 0.05) is 12.5 Å². The summed E-state index contributed by atoms with van der Waals surface area (Å²) in [5.41, 5.74) is 0. The number of alkyl halides is 2. The summed E-state index contributed by atoms with van der Waals surface area (Å²) in [7, 11) is 0. The van der Waals surface area contributed by atoms with E-state index in [4.69, 9.17) is 4.52 Å². The van der Waals surface area contributed by atoms with E-state index in [1.54, 1.807) is 0 Å². The number of hydrogen-bond acceptors (Lipinski definition) is 3. The summed E-state index contributed by atoms with van der Waals surface area (Å²) in [6.07, 6.45) is -1.81. The molecule has 1 aromatic rings. The molecule has 68 valence electrons. The minimum atomic E-state index is -2.48. The Balaban J connectivity index is 2.41. The molecule has 0 fully saturated rings. The first-order valence-corrected chi connectivity index (χ1v) is 3.59. The maximum Gasteiger partial charge on any atom is 0.272 e. The third-order valence-electron chi connectivity index (χ3n) is 1.24. The average molecular weight is 177 g/mol. The van der Waals surface area contributed by atoms with Crippen LogP contribution in [0.1, 0.15) is 12.7 Å². The number of ether oxygens (including phenoxy) is 1. The maximum absolute atomic E-state index is 11.6. The van der Waals surface area contributed by atoms with Crippen LogP contribution >= 0.6 is 0 Å². The second kappa shape index (κ2) is 4.04. The highest BCUT2D eigenvalue weighted by molar-refractivity contribution is 5.10. The smallest absolute Gasteiger partial charge is 0.272 e. The first-order chi connectivity index (χ1) is 5.72. The molecular weight excluding hydrogens is 168 g/mol. The Morgan fingerprint density at radius 2 is 2.42 bits per heavy atom. The van der Waals surface area contributed by atoms with Crippen LogP contribution in [0.3, 0.4) is 0 Å². The van der Waals surface area contributed by atoms with Crippen LogP contribution in [-0.4, -0.2) is 18.2 Å². The number of aromatic nitrogens is 1. The molecule has 0 aliphatic rings. The van der Waals surface area contributed by atoms with Crippen LogP contribution in [0.5, 0.6) is 5.88 Å². The Morgan fingerprint density at radius 1 is 1.67 bits per heavy atom. The molecule has 0 radical (unpaired) electrons. The summed E-state index contributed by atoms with van der Waals surface area (Å²) in [6, 6.07) is 1.50. The highest BCUT2D eigenvalue weighted by Crippen LogP contribution is 2.12. The number of hydrogen-bond donors (Lipinski definition) is 0. The molecule has 0 aliphatic carbocycles. The minimum Gasteiger partial charge on any atom is -0.469 e. The third-order valence-corrected chi connectivity index (χ3v) is 1.24. The molecule has 0 N–H and O–H groups in total. The molecule has 0 aromatic carbocycles. The molecule has 0 amide bonds. The van der Waals surface area contributed by atoms with Gasteiger partial charge in [-0.25, -0.2) is 8.78 Å². The summed E-state index contributed by atoms with van der Waals surface area (Å²) in [5.74, 6) is 0.742. The SMILES string of the molecule is CCc1cc(OCC(F)F)no1. The minimum absolute atomic E-state index is 0.118. The standard InChI is InChI=1S/C7H9F2NO2/c1-2-5-3-7(10-12-5)11-4-6(8)9/h3,6H,2,4H2,1H3. The van der Waals surface area contributed by atoms with Crippen LogP contribution in [0.4, 0.5) is 8.78 Å². The van der Waals surface area contributed by atoms with Crippen molar-refractivity contribution in [3.63, 3.8) is 0 Å². The second-order valence-electron chi connectivity index (χ2n) is 2.19. The third kappa shape index (κ3) is 2.48. The van der Waals surface area contributed by atoms with Gasteiger partial charge < -0.3 is 9.26 Å². The maximum atomic E-state index is 11.6. The molecule has 1 rings (SSSR count). The van der Waals surface area contributed by atoms with Crippen LogP contribution in [0.15, 0.2) is 10.6 Å². The lowest BCUT2D eigenvalue weighted by molar-refractivity contribution is 0.0776. The summed E-state index contributed by atoms with van der Waals surface area (Å²) < 4.78 is 32.6. The van der Waals surface area contributed by atoms with Gasteiger partial charge in [-0.2, -0.15) is 0 Å². The molecule has 1 heterocycles. The molecule has 5 heteroatoms. The van der Waals surface area contributed by atoms with E-state index in [-0.39, 0.29) is 5.88 Å². The van der Waals surface area contributed by atoms with Crippen molar-refractivity contribution in [3.8, 4) is 5.88 Å². The van der Waals surface area contributed by atoms with E-state index < -0.39 is 13.0 Å². The molecule has 0 saturated heterocycles. The summed E-state index contributed by atoms with van der Waals surface area (Å²) in [5, 5.41) is 3.43. The molecule has 0 spiro atoms. The van der Waals surface area contributed by atoms with Gasteiger partial charge in [0.1, 0.15) is 5.76 Å². The lowest BCUT2D eigenvalue weighted by Crippen LogP contribution is -2.06. The molecule has 1 aromatic heterocycles. The van der Waals surface area contributed by atoms with E-state index in [1.165, 1.54) is 6.07 Å². The first kappa shape index (κ1) is 8.96.